The number of hydrogen-bond acceptors (Lipinski definition) is 3. The van der Waals surface area contributed by atoms with E-state index in [4.69, 9.17) is 17.4 Å². The molecule has 0 spiro atoms. The maximum absolute atomic E-state index is 11.4. The number of amides is 1. The normalized spacial score (nSPS) is 10.6. The monoisotopic (exact) mass is 304 g/mol. The van der Waals surface area contributed by atoms with Crippen molar-refractivity contribution in [3.63, 3.8) is 0 Å². The summed E-state index contributed by atoms with van der Waals surface area (Å²) in [6, 6.07) is 5.66. The fraction of sp³-hybridized carbons (Fsp3) is 0. The van der Waals surface area contributed by atoms with Gasteiger partial charge in [0.05, 0.1) is 5.02 Å². The molecule has 2 rings (SSSR count). The van der Waals surface area contributed by atoms with Crippen LogP contribution in [0.3, 0.4) is 0 Å². The van der Waals surface area contributed by atoms with Crippen LogP contribution in [0.25, 0.3) is 10.1 Å². The van der Waals surface area contributed by atoms with Crippen LogP contribution in [0.2, 0.25) is 5.02 Å². The molecule has 1 aromatic carbocycles. The van der Waals surface area contributed by atoms with Gasteiger partial charge in [-0.2, -0.15) is 0 Å². The van der Waals surface area contributed by atoms with Crippen molar-refractivity contribution in [3.05, 3.63) is 32.6 Å². The third-order valence-electron chi connectivity index (χ3n) is 1.93. The van der Waals surface area contributed by atoms with E-state index in [2.05, 4.69) is 21.4 Å². The summed E-state index contributed by atoms with van der Waals surface area (Å²) in [5.41, 5.74) is 2.07. The van der Waals surface area contributed by atoms with E-state index < -0.39 is 0 Å². The number of halogens is 2. The van der Waals surface area contributed by atoms with Crippen molar-refractivity contribution in [2.45, 2.75) is 0 Å². The number of rotatable bonds is 1. The first-order valence-corrected chi connectivity index (χ1v) is 6.00. The van der Waals surface area contributed by atoms with Gasteiger partial charge in [0.2, 0.25) is 0 Å². The van der Waals surface area contributed by atoms with Crippen LogP contribution in [-0.4, -0.2) is 5.91 Å². The van der Waals surface area contributed by atoms with Crippen LogP contribution in [-0.2, 0) is 0 Å². The average molecular weight is 306 g/mol. The molecule has 78 valence electrons. The second-order valence-electron chi connectivity index (χ2n) is 2.86. The van der Waals surface area contributed by atoms with E-state index in [0.717, 1.165) is 14.6 Å². The van der Waals surface area contributed by atoms with E-state index in [1.165, 1.54) is 11.3 Å². The lowest BCUT2D eigenvalue weighted by molar-refractivity contribution is 0.0958. The molecule has 0 radical (unpaired) electrons. The molecule has 0 unspecified atom stereocenters. The number of nitrogens with two attached hydrogens (primary N) is 1. The molecule has 1 aromatic heterocycles. The zero-order chi connectivity index (χ0) is 11.0. The zero-order valence-electron chi connectivity index (χ0n) is 7.38. The van der Waals surface area contributed by atoms with E-state index >= 15 is 0 Å². The first kappa shape index (κ1) is 10.9. The highest BCUT2D eigenvalue weighted by Gasteiger charge is 2.15. The van der Waals surface area contributed by atoms with Gasteiger partial charge >= 0.3 is 0 Å². The van der Waals surface area contributed by atoms with Crippen LogP contribution in [0, 0.1) is 0 Å². The minimum absolute atomic E-state index is 0.364. The number of fused-ring (bicyclic) bond motifs is 1. The number of nitrogen functional groups attached to an aromatic ring is 1. The third-order valence-corrected chi connectivity index (χ3v) is 4.08. The number of carbonyl (C=O) groups excluding carboxylic acids is 1. The molecular formula is C9H6BrClN2OS. The van der Waals surface area contributed by atoms with Crippen molar-refractivity contribution in [3.8, 4) is 0 Å². The van der Waals surface area contributed by atoms with E-state index in [0.29, 0.717) is 9.90 Å². The van der Waals surface area contributed by atoms with Gasteiger partial charge in [0.15, 0.2) is 0 Å². The summed E-state index contributed by atoms with van der Waals surface area (Å²) in [4.78, 5) is 11.8. The van der Waals surface area contributed by atoms with Gasteiger partial charge in [-0.05, 0) is 12.1 Å². The summed E-state index contributed by atoms with van der Waals surface area (Å²) in [5.74, 6) is 4.70. The first-order valence-electron chi connectivity index (χ1n) is 4.02. The van der Waals surface area contributed by atoms with E-state index in [-0.39, 0.29) is 5.91 Å². The highest BCUT2D eigenvalue weighted by atomic mass is 79.9. The van der Waals surface area contributed by atoms with E-state index in [9.17, 15) is 4.79 Å². The maximum atomic E-state index is 11.4. The Morgan fingerprint density at radius 1 is 1.53 bits per heavy atom. The van der Waals surface area contributed by atoms with Crippen LogP contribution in [0.4, 0.5) is 0 Å². The molecule has 0 bridgehead atoms. The van der Waals surface area contributed by atoms with Gasteiger partial charge in [-0.1, -0.05) is 33.6 Å². The summed E-state index contributed by atoms with van der Waals surface area (Å²) < 4.78 is 1.90. The smallest absolute Gasteiger partial charge is 0.276 e. The quantitative estimate of drug-likeness (QED) is 0.483. The number of benzene rings is 1. The minimum atomic E-state index is -0.364. The van der Waals surface area contributed by atoms with Gasteiger partial charge < -0.3 is 0 Å². The average Bonchev–Trinajstić information content (AvgIpc) is 2.54. The van der Waals surface area contributed by atoms with Crippen molar-refractivity contribution in [1.82, 2.24) is 5.43 Å². The molecule has 0 atom stereocenters. The summed E-state index contributed by atoms with van der Waals surface area (Å²) in [5, 5.41) is 1.31. The summed E-state index contributed by atoms with van der Waals surface area (Å²) in [6.07, 6.45) is 0. The Labute approximate surface area is 103 Å². The van der Waals surface area contributed by atoms with Crippen molar-refractivity contribution in [2.24, 2.45) is 5.84 Å². The molecule has 0 aliphatic heterocycles. The predicted molar refractivity (Wildman–Crippen MR) is 66.2 cm³/mol. The van der Waals surface area contributed by atoms with Crippen LogP contribution < -0.4 is 11.3 Å². The minimum Gasteiger partial charge on any atom is -0.289 e. The molecule has 0 aliphatic rings. The van der Waals surface area contributed by atoms with Crippen LogP contribution in [0.5, 0.6) is 0 Å². The number of hydrogen-bond donors (Lipinski definition) is 2. The highest BCUT2D eigenvalue weighted by Crippen LogP contribution is 2.36. The van der Waals surface area contributed by atoms with Crippen molar-refractivity contribution >= 4 is 54.9 Å². The standard InChI is InChI=1S/C9H6BrClN2OS/c10-4-1-2-5-6(3-4)15-8(7(5)11)9(14)13-12/h1-3H,12H2,(H,13,14). The second-order valence-corrected chi connectivity index (χ2v) is 5.20. The second kappa shape index (κ2) is 4.09. The van der Waals surface area contributed by atoms with Crippen molar-refractivity contribution in [2.75, 3.05) is 0 Å². The molecule has 6 heteroatoms. The Morgan fingerprint density at radius 2 is 2.27 bits per heavy atom. The number of carbonyl (C=O) groups is 1. The van der Waals surface area contributed by atoms with Crippen LogP contribution in [0.15, 0.2) is 22.7 Å². The lowest BCUT2D eigenvalue weighted by Crippen LogP contribution is -2.29. The third kappa shape index (κ3) is 1.88. The van der Waals surface area contributed by atoms with Crippen molar-refractivity contribution in [1.29, 1.82) is 0 Å². The number of thiophene rings is 1. The molecule has 0 saturated heterocycles. The van der Waals surface area contributed by atoms with Gasteiger partial charge in [0, 0.05) is 14.6 Å². The molecule has 1 heterocycles. The number of nitrogens with one attached hydrogen (secondary N) is 1. The van der Waals surface area contributed by atoms with E-state index in [1.807, 2.05) is 18.2 Å². The molecule has 0 aliphatic carbocycles. The Hall–Kier alpha value is -0.620. The lowest BCUT2D eigenvalue weighted by atomic mass is 10.2. The summed E-state index contributed by atoms with van der Waals surface area (Å²) >= 11 is 10.7. The van der Waals surface area contributed by atoms with Gasteiger partial charge in [0.1, 0.15) is 4.88 Å². The van der Waals surface area contributed by atoms with Gasteiger partial charge in [0.25, 0.3) is 5.91 Å². The molecule has 15 heavy (non-hydrogen) atoms. The van der Waals surface area contributed by atoms with Gasteiger partial charge in [-0.15, -0.1) is 11.3 Å². The first-order chi connectivity index (χ1) is 7.13. The molecule has 0 saturated carbocycles. The lowest BCUT2D eigenvalue weighted by Gasteiger charge is -1.94. The topological polar surface area (TPSA) is 55.1 Å². The predicted octanol–water partition coefficient (Wildman–Crippen LogP) is 2.92. The van der Waals surface area contributed by atoms with Crippen LogP contribution >= 0.6 is 38.9 Å². The van der Waals surface area contributed by atoms with Gasteiger partial charge in [-0.3, -0.25) is 10.2 Å². The summed E-state index contributed by atoms with van der Waals surface area (Å²) in [6.45, 7) is 0. The fourth-order valence-electron chi connectivity index (χ4n) is 1.25. The van der Waals surface area contributed by atoms with Crippen LogP contribution in [0.1, 0.15) is 9.67 Å². The maximum Gasteiger partial charge on any atom is 0.276 e. The van der Waals surface area contributed by atoms with E-state index in [1.54, 1.807) is 0 Å². The molecule has 2 aromatic rings. The zero-order valence-corrected chi connectivity index (χ0v) is 10.5. The SMILES string of the molecule is NNC(=O)c1sc2cc(Br)ccc2c1Cl. The van der Waals surface area contributed by atoms with Crippen molar-refractivity contribution < 1.29 is 4.79 Å². The Kier molecular flexibility index (Phi) is 2.97. The Bertz CT molecular complexity index is 540. The Morgan fingerprint density at radius 3 is 2.93 bits per heavy atom. The number of hydrazine groups is 1. The largest absolute Gasteiger partial charge is 0.289 e. The fourth-order valence-corrected chi connectivity index (χ4v) is 3.22. The summed E-state index contributed by atoms with van der Waals surface area (Å²) in [7, 11) is 0. The molecule has 1 amide bonds. The molecule has 0 fully saturated rings. The molecule has 3 nitrogen and oxygen atoms in total. The molecular weight excluding hydrogens is 300 g/mol. The molecule has 3 N–H and O–H groups in total. The van der Waals surface area contributed by atoms with Gasteiger partial charge in [-0.25, -0.2) is 5.84 Å². The highest BCUT2D eigenvalue weighted by molar-refractivity contribution is 9.10. The Balaban J connectivity index is 2.69.